The fourth-order valence-corrected chi connectivity index (χ4v) is 4.50. The highest BCUT2D eigenvalue weighted by atomic mass is 16.4. The minimum atomic E-state index is -0.842. The first-order valence-corrected chi connectivity index (χ1v) is 9.09. The molecule has 2 heterocycles. The van der Waals surface area contributed by atoms with E-state index in [0.717, 1.165) is 51.6 Å². The smallest absolute Gasteiger partial charge is 0.320 e. The Morgan fingerprint density at radius 1 is 1.04 bits per heavy atom. The standard InChI is InChI=1S/C17H27N3O4/c21-15(18-10-16(22)19-7-3-4-8-19)11-20-13-6-2-1-5-12(13)9-14(20)17(23)24/h12-14H,1-11H2,(H,18,21)(H,23,24). The van der Waals surface area contributed by atoms with Gasteiger partial charge in [0.15, 0.2) is 0 Å². The van der Waals surface area contributed by atoms with E-state index in [2.05, 4.69) is 5.32 Å². The summed E-state index contributed by atoms with van der Waals surface area (Å²) in [4.78, 5) is 39.4. The number of likely N-dealkylation sites (tertiary alicyclic amines) is 2. The van der Waals surface area contributed by atoms with Crippen LogP contribution in [0.5, 0.6) is 0 Å². The Balaban J connectivity index is 1.53. The zero-order valence-electron chi connectivity index (χ0n) is 14.1. The summed E-state index contributed by atoms with van der Waals surface area (Å²) in [7, 11) is 0. The number of fused-ring (bicyclic) bond motifs is 1. The van der Waals surface area contributed by atoms with Gasteiger partial charge in [0, 0.05) is 19.1 Å². The lowest BCUT2D eigenvalue weighted by Crippen LogP contribution is -2.49. The third-order valence-electron chi connectivity index (χ3n) is 5.73. The predicted octanol–water partition coefficient (Wildman–Crippen LogP) is 0.443. The first-order chi connectivity index (χ1) is 11.6. The van der Waals surface area contributed by atoms with Gasteiger partial charge >= 0.3 is 5.97 Å². The van der Waals surface area contributed by atoms with Crippen LogP contribution < -0.4 is 5.32 Å². The monoisotopic (exact) mass is 337 g/mol. The molecule has 3 atom stereocenters. The molecule has 2 N–H and O–H groups in total. The molecule has 0 radical (unpaired) electrons. The molecule has 0 bridgehead atoms. The third kappa shape index (κ3) is 3.71. The molecule has 0 aromatic carbocycles. The van der Waals surface area contributed by atoms with Crippen molar-refractivity contribution in [2.75, 3.05) is 26.2 Å². The summed E-state index contributed by atoms with van der Waals surface area (Å²) in [6.07, 6.45) is 6.96. The average molecular weight is 337 g/mol. The van der Waals surface area contributed by atoms with Crippen LogP contribution in [0.15, 0.2) is 0 Å². The number of aliphatic carboxylic acids is 1. The number of carbonyl (C=O) groups excluding carboxylic acids is 2. The molecule has 3 aliphatic rings. The van der Waals surface area contributed by atoms with Gasteiger partial charge in [-0.2, -0.15) is 0 Å². The molecule has 3 unspecified atom stereocenters. The Morgan fingerprint density at radius 3 is 2.46 bits per heavy atom. The van der Waals surface area contributed by atoms with Gasteiger partial charge in [0.1, 0.15) is 6.04 Å². The van der Waals surface area contributed by atoms with Gasteiger partial charge < -0.3 is 15.3 Å². The summed E-state index contributed by atoms with van der Waals surface area (Å²) in [5.74, 6) is -0.753. The predicted molar refractivity (Wildman–Crippen MR) is 87.3 cm³/mol. The minimum Gasteiger partial charge on any atom is -0.480 e. The summed E-state index contributed by atoms with van der Waals surface area (Å²) < 4.78 is 0. The van der Waals surface area contributed by atoms with Crippen LogP contribution in [0.3, 0.4) is 0 Å². The lowest BCUT2D eigenvalue weighted by molar-refractivity contribution is -0.143. The van der Waals surface area contributed by atoms with Crippen molar-refractivity contribution < 1.29 is 19.5 Å². The van der Waals surface area contributed by atoms with Gasteiger partial charge in [0.05, 0.1) is 13.1 Å². The quantitative estimate of drug-likeness (QED) is 0.760. The highest BCUT2D eigenvalue weighted by Crippen LogP contribution is 2.39. The van der Waals surface area contributed by atoms with Crippen LogP contribution in [0.1, 0.15) is 44.9 Å². The molecule has 2 saturated heterocycles. The Hall–Kier alpha value is -1.63. The van der Waals surface area contributed by atoms with Crippen molar-refractivity contribution >= 4 is 17.8 Å². The van der Waals surface area contributed by atoms with Crippen LogP contribution in [0.2, 0.25) is 0 Å². The molecule has 7 nitrogen and oxygen atoms in total. The lowest BCUT2D eigenvalue weighted by atomic mass is 9.85. The Kier molecular flexibility index (Phi) is 5.38. The molecule has 0 aromatic rings. The minimum absolute atomic E-state index is 0.0124. The number of carboxylic acids is 1. The van der Waals surface area contributed by atoms with Gasteiger partial charge in [0.25, 0.3) is 0 Å². The molecular weight excluding hydrogens is 310 g/mol. The molecule has 0 spiro atoms. The number of carbonyl (C=O) groups is 3. The van der Waals surface area contributed by atoms with Crippen LogP contribution in [0, 0.1) is 5.92 Å². The molecular formula is C17H27N3O4. The average Bonchev–Trinajstić information content (AvgIpc) is 3.21. The van der Waals surface area contributed by atoms with Gasteiger partial charge in [-0.05, 0) is 38.0 Å². The number of rotatable bonds is 5. The van der Waals surface area contributed by atoms with E-state index in [0.29, 0.717) is 12.3 Å². The maximum atomic E-state index is 12.2. The first kappa shape index (κ1) is 17.2. The van der Waals surface area contributed by atoms with E-state index in [-0.39, 0.29) is 30.9 Å². The van der Waals surface area contributed by atoms with E-state index in [1.165, 1.54) is 0 Å². The number of amides is 2. The normalized spacial score (nSPS) is 30.2. The Labute approximate surface area is 142 Å². The summed E-state index contributed by atoms with van der Waals surface area (Å²) in [5, 5.41) is 12.1. The number of hydrogen-bond acceptors (Lipinski definition) is 4. The fraction of sp³-hybridized carbons (Fsp3) is 0.824. The topological polar surface area (TPSA) is 90.0 Å². The first-order valence-electron chi connectivity index (χ1n) is 9.09. The van der Waals surface area contributed by atoms with Crippen LogP contribution in [0.25, 0.3) is 0 Å². The van der Waals surface area contributed by atoms with E-state index >= 15 is 0 Å². The number of nitrogens with one attached hydrogen (secondary N) is 1. The van der Waals surface area contributed by atoms with E-state index in [1.54, 1.807) is 4.90 Å². The molecule has 7 heteroatoms. The second-order valence-corrected chi connectivity index (χ2v) is 7.24. The fourth-order valence-electron chi connectivity index (χ4n) is 4.50. The van der Waals surface area contributed by atoms with Crippen LogP contribution in [-0.4, -0.2) is 71.0 Å². The Bertz CT molecular complexity index is 504. The van der Waals surface area contributed by atoms with Crippen LogP contribution in [-0.2, 0) is 14.4 Å². The molecule has 1 saturated carbocycles. The maximum absolute atomic E-state index is 12.2. The summed E-state index contributed by atoms with van der Waals surface area (Å²) in [6, 6.07) is -0.377. The molecule has 2 aliphatic heterocycles. The zero-order valence-corrected chi connectivity index (χ0v) is 14.1. The SMILES string of the molecule is O=C(CN1C(C(=O)O)CC2CCCCC21)NCC(=O)N1CCCC1. The van der Waals surface area contributed by atoms with Gasteiger partial charge in [-0.25, -0.2) is 0 Å². The van der Waals surface area contributed by atoms with E-state index in [4.69, 9.17) is 0 Å². The van der Waals surface area contributed by atoms with E-state index in [1.807, 2.05) is 4.90 Å². The summed E-state index contributed by atoms with van der Waals surface area (Å²) in [6.45, 7) is 1.63. The van der Waals surface area contributed by atoms with Crippen molar-refractivity contribution in [3.05, 3.63) is 0 Å². The van der Waals surface area contributed by atoms with E-state index in [9.17, 15) is 19.5 Å². The van der Waals surface area contributed by atoms with Crippen molar-refractivity contribution in [3.8, 4) is 0 Å². The van der Waals surface area contributed by atoms with Gasteiger partial charge in [-0.1, -0.05) is 12.8 Å². The number of carboxylic acid groups (broad SMARTS) is 1. The van der Waals surface area contributed by atoms with Gasteiger partial charge in [-0.15, -0.1) is 0 Å². The lowest BCUT2D eigenvalue weighted by Gasteiger charge is -2.32. The third-order valence-corrected chi connectivity index (χ3v) is 5.73. The second-order valence-electron chi connectivity index (χ2n) is 7.24. The second kappa shape index (κ2) is 7.51. The van der Waals surface area contributed by atoms with Gasteiger partial charge in [-0.3, -0.25) is 19.3 Å². The largest absolute Gasteiger partial charge is 0.480 e. The van der Waals surface area contributed by atoms with Crippen LogP contribution in [0.4, 0.5) is 0 Å². The summed E-state index contributed by atoms with van der Waals surface area (Å²) >= 11 is 0. The molecule has 1 aliphatic carbocycles. The van der Waals surface area contributed by atoms with Crippen molar-refractivity contribution in [3.63, 3.8) is 0 Å². The molecule has 3 fully saturated rings. The maximum Gasteiger partial charge on any atom is 0.320 e. The van der Waals surface area contributed by atoms with Gasteiger partial charge in [0.2, 0.25) is 11.8 Å². The highest BCUT2D eigenvalue weighted by molar-refractivity contribution is 5.86. The molecule has 2 amide bonds. The zero-order chi connectivity index (χ0) is 17.1. The van der Waals surface area contributed by atoms with Crippen LogP contribution >= 0.6 is 0 Å². The van der Waals surface area contributed by atoms with Crippen molar-refractivity contribution in [1.82, 2.24) is 15.1 Å². The summed E-state index contributed by atoms with van der Waals surface area (Å²) in [5.41, 5.74) is 0. The molecule has 3 rings (SSSR count). The number of nitrogens with zero attached hydrogens (tertiary/aromatic N) is 2. The molecule has 24 heavy (non-hydrogen) atoms. The molecule has 0 aromatic heterocycles. The Morgan fingerprint density at radius 2 is 1.75 bits per heavy atom. The number of hydrogen-bond donors (Lipinski definition) is 2. The molecule has 134 valence electrons. The van der Waals surface area contributed by atoms with Crippen molar-refractivity contribution in [2.24, 2.45) is 5.92 Å². The van der Waals surface area contributed by atoms with Crippen molar-refractivity contribution in [2.45, 2.75) is 57.0 Å². The van der Waals surface area contributed by atoms with E-state index < -0.39 is 12.0 Å². The highest BCUT2D eigenvalue weighted by Gasteiger charge is 2.45. The van der Waals surface area contributed by atoms with Crippen molar-refractivity contribution in [1.29, 1.82) is 0 Å².